The van der Waals surface area contributed by atoms with Crippen molar-refractivity contribution in [3.05, 3.63) is 70.1 Å². The van der Waals surface area contributed by atoms with E-state index in [0.29, 0.717) is 0 Å². The lowest BCUT2D eigenvalue weighted by Crippen LogP contribution is -2.66. The van der Waals surface area contributed by atoms with Gasteiger partial charge in [-0.25, -0.2) is 9.59 Å². The van der Waals surface area contributed by atoms with Crippen molar-refractivity contribution in [3.63, 3.8) is 0 Å². The van der Waals surface area contributed by atoms with Gasteiger partial charge in [-0.15, -0.1) is 0 Å². The molecule has 2 aliphatic heterocycles. The van der Waals surface area contributed by atoms with Gasteiger partial charge in [-0.1, -0.05) is 53.6 Å². The van der Waals surface area contributed by atoms with Crippen LogP contribution in [0.3, 0.4) is 0 Å². The van der Waals surface area contributed by atoms with E-state index in [4.69, 9.17) is 52.1 Å². The van der Waals surface area contributed by atoms with Gasteiger partial charge in [0, 0.05) is 52.4 Å². The number of carboxylic acids is 1. The topological polar surface area (TPSA) is 319 Å². The third-order valence-electron chi connectivity index (χ3n) is 10.2. The van der Waals surface area contributed by atoms with Crippen LogP contribution in [0.4, 0.5) is 4.79 Å². The zero-order valence-corrected chi connectivity index (χ0v) is 36.4. The monoisotopic (exact) mass is 928 g/mol. The molecule has 11 atom stereocenters. The van der Waals surface area contributed by atoms with E-state index < -0.39 is 135 Å². The Hall–Kier alpha value is -6.85. The molecule has 1 amide bonds. The number of azide groups is 1. The van der Waals surface area contributed by atoms with Crippen LogP contribution < -0.4 is 5.32 Å². The summed E-state index contributed by atoms with van der Waals surface area (Å²) in [5.41, 5.74) is 13.5. The third kappa shape index (κ3) is 12.9. The molecule has 1 aliphatic carbocycles. The van der Waals surface area contributed by atoms with Crippen molar-refractivity contribution in [1.29, 1.82) is 0 Å². The molecule has 2 heterocycles. The Labute approximate surface area is 375 Å². The molecule has 2 N–H and O–H groups in total. The number of carboxylic acid groups (broad SMARTS) is 1. The first-order chi connectivity index (χ1) is 31.4. The maximum atomic E-state index is 13.2. The molecule has 24 heteroatoms. The molecule has 0 spiro atoms. The highest BCUT2D eigenvalue weighted by Gasteiger charge is 2.57. The van der Waals surface area contributed by atoms with Crippen molar-refractivity contribution in [2.45, 2.75) is 115 Å². The molecule has 5 rings (SSSR count). The predicted octanol–water partition coefficient (Wildman–Crippen LogP) is 2.36. The molecule has 24 nitrogen and oxygen atoms in total. The molecular weight excluding hydrogens is 880 g/mol. The number of carbonyl (C=O) groups excluding carboxylic acids is 7. The molecule has 3 aliphatic rings. The molecule has 0 unspecified atom stereocenters. The van der Waals surface area contributed by atoms with Gasteiger partial charge in [-0.3, -0.25) is 28.8 Å². The van der Waals surface area contributed by atoms with Gasteiger partial charge in [-0.05, 0) is 27.8 Å². The summed E-state index contributed by atoms with van der Waals surface area (Å²) >= 11 is 0. The minimum Gasteiger partial charge on any atom is -0.480 e. The van der Waals surface area contributed by atoms with E-state index in [-0.39, 0.29) is 12.5 Å². The number of aliphatic carboxylic acids is 1. The minimum atomic E-state index is -1.96. The van der Waals surface area contributed by atoms with Crippen molar-refractivity contribution in [1.82, 2.24) is 5.32 Å². The van der Waals surface area contributed by atoms with Crippen molar-refractivity contribution in [2.75, 3.05) is 26.4 Å². The van der Waals surface area contributed by atoms with Gasteiger partial charge < -0.3 is 62.5 Å². The fourth-order valence-electron chi connectivity index (χ4n) is 7.64. The van der Waals surface area contributed by atoms with Gasteiger partial charge >= 0.3 is 47.9 Å². The number of rotatable bonds is 18. The van der Waals surface area contributed by atoms with Crippen LogP contribution in [0.2, 0.25) is 0 Å². The van der Waals surface area contributed by atoms with Crippen LogP contribution in [0.15, 0.2) is 53.6 Å². The maximum Gasteiger partial charge on any atom is 0.407 e. The first kappa shape index (κ1) is 50.2. The van der Waals surface area contributed by atoms with Crippen molar-refractivity contribution in [3.8, 4) is 11.1 Å². The summed E-state index contributed by atoms with van der Waals surface area (Å²) in [5, 5.41) is 16.1. The Balaban J connectivity index is 1.45. The number of ether oxygens (including phenoxy) is 11. The molecule has 0 bridgehead atoms. The number of nitrogens with one attached hydrogen (secondary N) is 1. The number of hydrogen-bond donors (Lipinski definition) is 2. The smallest absolute Gasteiger partial charge is 0.407 e. The predicted molar refractivity (Wildman–Crippen MR) is 216 cm³/mol. The first-order valence-corrected chi connectivity index (χ1v) is 20.3. The van der Waals surface area contributed by atoms with Crippen molar-refractivity contribution >= 4 is 47.9 Å². The van der Waals surface area contributed by atoms with Crippen LogP contribution in [0.1, 0.15) is 58.6 Å². The second kappa shape index (κ2) is 22.9. The summed E-state index contributed by atoms with van der Waals surface area (Å²) in [4.78, 5) is 102. The molecule has 2 aromatic carbocycles. The Bertz CT molecular complexity index is 2150. The number of hydrogen-bond acceptors (Lipinski definition) is 20. The van der Waals surface area contributed by atoms with Crippen LogP contribution in [-0.2, 0) is 85.7 Å². The lowest BCUT2D eigenvalue weighted by atomic mass is 9.95. The zero-order chi connectivity index (χ0) is 48.2. The Kier molecular flexibility index (Phi) is 17.4. The lowest BCUT2D eigenvalue weighted by Gasteiger charge is -2.48. The highest BCUT2D eigenvalue weighted by molar-refractivity contribution is 5.81. The zero-order valence-electron chi connectivity index (χ0n) is 36.4. The van der Waals surface area contributed by atoms with Gasteiger partial charge in [0.1, 0.15) is 44.2 Å². The van der Waals surface area contributed by atoms with Crippen LogP contribution >= 0.6 is 0 Å². The van der Waals surface area contributed by atoms with Crippen molar-refractivity contribution < 1.29 is 95.6 Å². The molecule has 356 valence electrons. The van der Waals surface area contributed by atoms with E-state index in [1.165, 1.54) is 0 Å². The summed E-state index contributed by atoms with van der Waals surface area (Å²) in [6, 6.07) is 11.5. The average Bonchev–Trinajstić information content (AvgIpc) is 3.56. The molecule has 2 aromatic rings. The van der Waals surface area contributed by atoms with Crippen LogP contribution in [-0.4, -0.2) is 147 Å². The highest BCUT2D eigenvalue weighted by Crippen LogP contribution is 2.44. The summed E-state index contributed by atoms with van der Waals surface area (Å²) < 4.78 is 62.0. The summed E-state index contributed by atoms with van der Waals surface area (Å²) in [7, 11) is 0. The van der Waals surface area contributed by atoms with E-state index in [1.807, 2.05) is 48.5 Å². The molecule has 0 aromatic heterocycles. The molecule has 2 fully saturated rings. The molecular formula is C42H48N4O20. The Morgan fingerprint density at radius 1 is 0.636 bits per heavy atom. The quantitative estimate of drug-likeness (QED) is 0.0712. The SMILES string of the molecule is CC(=O)OC[C@H]1O[C@@H](O[C@@H]2[C@@H](N=[N+]=[N-])[C@H](OC[C@H](NC(=O)OCC3c4ccccc4-c4ccccc43)C(=O)O)O[C@H](COC(C)=O)[C@@H]2OC(C)=O)[C@H](OC(C)=O)[C@@H](OC(C)=O)[C@H]1OC(C)=O. The second-order valence-electron chi connectivity index (χ2n) is 15.0. The number of alkyl carbamates (subject to hydrolysis) is 1. The number of esters is 6. The van der Waals surface area contributed by atoms with E-state index in [2.05, 4.69) is 15.3 Å². The summed E-state index contributed by atoms with van der Waals surface area (Å²) in [6.07, 6.45) is -16.7. The van der Waals surface area contributed by atoms with Gasteiger partial charge in [0.15, 0.2) is 43.0 Å². The number of carbonyl (C=O) groups is 8. The molecule has 66 heavy (non-hydrogen) atoms. The first-order valence-electron chi connectivity index (χ1n) is 20.3. The summed E-state index contributed by atoms with van der Waals surface area (Å²) in [5.74, 6) is -7.45. The second-order valence-corrected chi connectivity index (χ2v) is 15.0. The van der Waals surface area contributed by atoms with E-state index in [1.54, 1.807) is 0 Å². The molecule has 2 saturated heterocycles. The Morgan fingerprint density at radius 3 is 1.59 bits per heavy atom. The molecule has 0 radical (unpaired) electrons. The number of nitrogens with zero attached hydrogens (tertiary/aromatic N) is 3. The highest BCUT2D eigenvalue weighted by atomic mass is 16.8. The normalized spacial score (nSPS) is 25.8. The average molecular weight is 929 g/mol. The van der Waals surface area contributed by atoms with E-state index in [9.17, 15) is 49.0 Å². The largest absolute Gasteiger partial charge is 0.480 e. The third-order valence-corrected chi connectivity index (χ3v) is 10.2. The van der Waals surface area contributed by atoms with Crippen LogP contribution in [0.5, 0.6) is 0 Å². The molecule has 0 saturated carbocycles. The van der Waals surface area contributed by atoms with Gasteiger partial charge in [0.25, 0.3) is 0 Å². The van der Waals surface area contributed by atoms with Crippen molar-refractivity contribution in [2.24, 2.45) is 5.11 Å². The van der Waals surface area contributed by atoms with Crippen LogP contribution in [0.25, 0.3) is 21.6 Å². The standard InChI is InChI=1S/C42H48N4O20/c1-19(47)56-17-31-34(60-21(3)49)36(66-41-38(63-24(6)52)37(62-23(5)51)35(61-22(4)50)32(65-41)18-57-20(2)48)33(45-46-43)40(64-31)58-16-30(39(53)54)44-42(55)59-15-29-27-13-9-7-11-25(27)26-12-8-10-14-28(26)29/h7-14,29-38,40-41H,15-18H2,1-6H3,(H,44,55)(H,53,54)/t30-,31+,32+,33+,34-,35-,36+,37-,38+,40+,41-/m0/s1. The van der Waals surface area contributed by atoms with E-state index >= 15 is 0 Å². The lowest BCUT2D eigenvalue weighted by molar-refractivity contribution is -0.345. The van der Waals surface area contributed by atoms with Gasteiger partial charge in [0.2, 0.25) is 0 Å². The minimum absolute atomic E-state index is 0.161. The fourth-order valence-corrected chi connectivity index (χ4v) is 7.64. The van der Waals surface area contributed by atoms with Gasteiger partial charge in [0.05, 0.1) is 6.61 Å². The number of fused-ring (bicyclic) bond motifs is 3. The number of amides is 1. The van der Waals surface area contributed by atoms with Gasteiger partial charge in [-0.2, -0.15) is 0 Å². The maximum absolute atomic E-state index is 13.2. The summed E-state index contributed by atoms with van der Waals surface area (Å²) in [6.45, 7) is 3.68. The van der Waals surface area contributed by atoms with Crippen LogP contribution in [0, 0.1) is 0 Å². The van der Waals surface area contributed by atoms with E-state index in [0.717, 1.165) is 63.8 Å². The fraction of sp³-hybridized carbons (Fsp3) is 0.524. The Morgan fingerprint density at radius 2 is 1.11 bits per heavy atom. The number of benzene rings is 2.